The Morgan fingerprint density at radius 3 is 3.19 bits per heavy atom. The maximum Gasteiger partial charge on any atom is 0.355 e. The van der Waals surface area contributed by atoms with E-state index in [0.717, 1.165) is 24.0 Å². The molecule has 0 radical (unpaired) electrons. The summed E-state index contributed by atoms with van der Waals surface area (Å²) in [5, 5.41) is 4.88. The molecule has 1 aromatic carbocycles. The molecule has 2 heterocycles. The minimum Gasteiger partial charge on any atom is -0.461 e. The molecule has 0 amide bonds. The molecule has 1 aliphatic carbocycles. The van der Waals surface area contributed by atoms with Gasteiger partial charge in [0.2, 0.25) is 0 Å². The lowest BCUT2D eigenvalue weighted by molar-refractivity contribution is 0.0519. The van der Waals surface area contributed by atoms with Crippen molar-refractivity contribution < 1.29 is 9.53 Å². The van der Waals surface area contributed by atoms with E-state index in [1.807, 2.05) is 6.92 Å². The number of aromatic nitrogens is 1. The van der Waals surface area contributed by atoms with Crippen molar-refractivity contribution in [2.24, 2.45) is 0 Å². The highest BCUT2D eigenvalue weighted by atomic mass is 16.5. The van der Waals surface area contributed by atoms with Gasteiger partial charge < -0.3 is 15.0 Å². The van der Waals surface area contributed by atoms with Gasteiger partial charge in [-0.15, -0.1) is 0 Å². The number of H-pyrrole nitrogens is 1. The first kappa shape index (κ1) is 12.9. The Hall–Kier alpha value is -1.81. The third kappa shape index (κ3) is 1.89. The van der Waals surface area contributed by atoms with Crippen molar-refractivity contribution in [2.75, 3.05) is 13.2 Å². The molecule has 1 aliphatic heterocycles. The zero-order chi connectivity index (χ0) is 14.4. The van der Waals surface area contributed by atoms with Gasteiger partial charge in [-0.3, -0.25) is 0 Å². The van der Waals surface area contributed by atoms with E-state index in [1.54, 1.807) is 0 Å². The SMILES string of the molecule is CCOC(=O)c1[nH]c2cccc3c2c1C[C@H]1NCCCC31. The maximum absolute atomic E-state index is 12.2. The second kappa shape index (κ2) is 4.88. The Kier molecular flexibility index (Phi) is 3.00. The summed E-state index contributed by atoms with van der Waals surface area (Å²) < 4.78 is 5.21. The number of carbonyl (C=O) groups excluding carboxylic acids is 1. The fourth-order valence-corrected chi connectivity index (χ4v) is 4.00. The predicted molar refractivity (Wildman–Crippen MR) is 81.7 cm³/mol. The minimum absolute atomic E-state index is 0.232. The van der Waals surface area contributed by atoms with Crippen LogP contribution in [0, 0.1) is 0 Å². The molecular weight excluding hydrogens is 264 g/mol. The van der Waals surface area contributed by atoms with Crippen LogP contribution in [-0.2, 0) is 11.2 Å². The monoisotopic (exact) mass is 284 g/mol. The molecule has 0 bridgehead atoms. The molecule has 2 aliphatic rings. The number of rotatable bonds is 2. The molecule has 2 N–H and O–H groups in total. The van der Waals surface area contributed by atoms with E-state index in [4.69, 9.17) is 4.74 Å². The van der Waals surface area contributed by atoms with Gasteiger partial charge in [0, 0.05) is 22.9 Å². The number of hydrogen-bond donors (Lipinski definition) is 2. The number of piperidine rings is 1. The Morgan fingerprint density at radius 1 is 1.43 bits per heavy atom. The molecule has 4 nitrogen and oxygen atoms in total. The molecule has 1 unspecified atom stereocenters. The van der Waals surface area contributed by atoms with Crippen LogP contribution in [0.2, 0.25) is 0 Å². The third-order valence-electron chi connectivity index (χ3n) is 4.85. The summed E-state index contributed by atoms with van der Waals surface area (Å²) in [5.74, 6) is 0.338. The zero-order valence-electron chi connectivity index (χ0n) is 12.2. The fourth-order valence-electron chi connectivity index (χ4n) is 4.00. The molecule has 0 saturated carbocycles. The van der Waals surface area contributed by atoms with Gasteiger partial charge in [0.1, 0.15) is 5.69 Å². The number of fused-ring (bicyclic) bond motifs is 2. The normalized spacial score (nSPS) is 23.9. The average Bonchev–Trinajstić information content (AvgIpc) is 2.88. The average molecular weight is 284 g/mol. The largest absolute Gasteiger partial charge is 0.461 e. The molecule has 1 fully saturated rings. The lowest BCUT2D eigenvalue weighted by Gasteiger charge is -2.36. The highest BCUT2D eigenvalue weighted by molar-refractivity contribution is 6.00. The van der Waals surface area contributed by atoms with E-state index in [1.165, 1.54) is 23.8 Å². The van der Waals surface area contributed by atoms with E-state index < -0.39 is 0 Å². The first-order chi connectivity index (χ1) is 10.3. The zero-order valence-corrected chi connectivity index (χ0v) is 12.2. The summed E-state index contributed by atoms with van der Waals surface area (Å²) in [6.45, 7) is 3.33. The van der Waals surface area contributed by atoms with Crippen LogP contribution >= 0.6 is 0 Å². The smallest absolute Gasteiger partial charge is 0.355 e. The van der Waals surface area contributed by atoms with Gasteiger partial charge in [-0.1, -0.05) is 12.1 Å². The Labute approximate surface area is 123 Å². The number of carbonyl (C=O) groups is 1. The van der Waals surface area contributed by atoms with Crippen LogP contribution in [0.3, 0.4) is 0 Å². The Balaban J connectivity index is 1.90. The summed E-state index contributed by atoms with van der Waals surface area (Å²) >= 11 is 0. The topological polar surface area (TPSA) is 54.1 Å². The minimum atomic E-state index is -0.232. The molecule has 21 heavy (non-hydrogen) atoms. The summed E-state index contributed by atoms with van der Waals surface area (Å²) in [4.78, 5) is 15.5. The number of esters is 1. The van der Waals surface area contributed by atoms with Crippen LogP contribution in [0.5, 0.6) is 0 Å². The van der Waals surface area contributed by atoms with Crippen LogP contribution in [0.1, 0.15) is 47.3 Å². The Bertz CT molecular complexity index is 704. The molecule has 4 heteroatoms. The van der Waals surface area contributed by atoms with Gasteiger partial charge >= 0.3 is 5.97 Å². The standard InChI is InChI=1S/C17H20N2O2/c1-2-21-17(20)16-12-9-14-10(6-4-8-18-14)11-5-3-7-13(19-16)15(11)12/h3,5,7,10,14,18-19H,2,4,6,8-9H2,1H3/t10?,14-/m1/s1. The number of nitrogens with one attached hydrogen (secondary N) is 2. The van der Waals surface area contributed by atoms with E-state index in [0.29, 0.717) is 24.3 Å². The molecule has 110 valence electrons. The van der Waals surface area contributed by atoms with Gasteiger partial charge in [-0.2, -0.15) is 0 Å². The first-order valence-electron chi connectivity index (χ1n) is 7.83. The van der Waals surface area contributed by atoms with E-state index in [9.17, 15) is 4.79 Å². The molecule has 1 saturated heterocycles. The van der Waals surface area contributed by atoms with Crippen LogP contribution < -0.4 is 5.32 Å². The van der Waals surface area contributed by atoms with Crippen molar-refractivity contribution >= 4 is 16.9 Å². The summed E-state index contributed by atoms with van der Waals surface area (Å²) in [6.07, 6.45) is 3.37. The van der Waals surface area contributed by atoms with Crippen molar-refractivity contribution in [3.05, 3.63) is 35.0 Å². The number of aromatic amines is 1. The van der Waals surface area contributed by atoms with Crippen molar-refractivity contribution in [2.45, 2.75) is 38.1 Å². The third-order valence-corrected chi connectivity index (χ3v) is 4.85. The van der Waals surface area contributed by atoms with E-state index >= 15 is 0 Å². The van der Waals surface area contributed by atoms with Gasteiger partial charge in [0.05, 0.1) is 6.61 Å². The van der Waals surface area contributed by atoms with E-state index in [2.05, 4.69) is 28.5 Å². The second-order valence-corrected chi connectivity index (χ2v) is 5.98. The summed E-state index contributed by atoms with van der Waals surface area (Å²) in [7, 11) is 0. The number of hydrogen-bond acceptors (Lipinski definition) is 3. The van der Waals surface area contributed by atoms with Crippen molar-refractivity contribution in [1.29, 1.82) is 0 Å². The molecule has 4 rings (SSSR count). The highest BCUT2D eigenvalue weighted by Gasteiger charge is 2.35. The molecule has 2 atom stereocenters. The molecular formula is C17H20N2O2. The van der Waals surface area contributed by atoms with E-state index in [-0.39, 0.29) is 5.97 Å². The lowest BCUT2D eigenvalue weighted by atomic mass is 9.75. The van der Waals surface area contributed by atoms with Gasteiger partial charge in [-0.05, 0) is 49.9 Å². The van der Waals surface area contributed by atoms with Crippen molar-refractivity contribution in [3.8, 4) is 0 Å². The quantitative estimate of drug-likeness (QED) is 0.834. The first-order valence-corrected chi connectivity index (χ1v) is 7.83. The highest BCUT2D eigenvalue weighted by Crippen LogP contribution is 2.41. The van der Waals surface area contributed by atoms with Crippen molar-refractivity contribution in [3.63, 3.8) is 0 Å². The summed E-state index contributed by atoms with van der Waals surface area (Å²) in [6, 6.07) is 6.81. The van der Waals surface area contributed by atoms with Crippen LogP contribution in [0.25, 0.3) is 10.9 Å². The number of ether oxygens (including phenoxy) is 1. The number of benzene rings is 1. The van der Waals surface area contributed by atoms with Crippen LogP contribution in [0.15, 0.2) is 18.2 Å². The molecule has 2 aromatic rings. The van der Waals surface area contributed by atoms with Crippen molar-refractivity contribution in [1.82, 2.24) is 10.3 Å². The Morgan fingerprint density at radius 2 is 2.33 bits per heavy atom. The van der Waals surface area contributed by atoms with Crippen LogP contribution in [0.4, 0.5) is 0 Å². The van der Waals surface area contributed by atoms with Crippen LogP contribution in [-0.4, -0.2) is 30.1 Å². The van der Waals surface area contributed by atoms with Gasteiger partial charge in [-0.25, -0.2) is 4.79 Å². The summed E-state index contributed by atoms with van der Waals surface area (Å²) in [5.41, 5.74) is 4.23. The second-order valence-electron chi connectivity index (χ2n) is 5.98. The molecule has 0 spiro atoms. The predicted octanol–water partition coefficient (Wildman–Crippen LogP) is 2.74. The van der Waals surface area contributed by atoms with Gasteiger partial charge in [0.15, 0.2) is 0 Å². The maximum atomic E-state index is 12.2. The molecule has 1 aromatic heterocycles. The van der Waals surface area contributed by atoms with Gasteiger partial charge in [0.25, 0.3) is 0 Å². The lowest BCUT2D eigenvalue weighted by Crippen LogP contribution is -2.43. The fraction of sp³-hybridized carbons (Fsp3) is 0.471.